The maximum atomic E-state index is 12.1. The summed E-state index contributed by atoms with van der Waals surface area (Å²) in [5.41, 5.74) is 0. The van der Waals surface area contributed by atoms with E-state index in [4.69, 9.17) is 12.2 Å². The first-order valence-electron chi connectivity index (χ1n) is 8.34. The fraction of sp³-hybridized carbons (Fsp3) is 0.875. The summed E-state index contributed by atoms with van der Waals surface area (Å²) in [4.78, 5) is 14.4. The summed E-state index contributed by atoms with van der Waals surface area (Å²) in [6.45, 7) is 4.32. The second-order valence-electron chi connectivity index (χ2n) is 6.94. The van der Waals surface area contributed by atoms with E-state index in [-0.39, 0.29) is 5.91 Å². The standard InChI is InChI=1S/C16H26N2OS2/c1-11(14-9-12-4-5-13(14)8-12)17-15(19)10-21-16(20)18-6-2-3-7-18/h11-14H,2-10H2,1H3,(H,17,19). The summed E-state index contributed by atoms with van der Waals surface area (Å²) < 4.78 is 0.898. The molecule has 2 saturated carbocycles. The third-order valence-corrected chi connectivity index (χ3v) is 7.04. The van der Waals surface area contributed by atoms with Gasteiger partial charge in [-0.15, -0.1) is 0 Å². The zero-order valence-electron chi connectivity index (χ0n) is 12.8. The Hall–Kier alpha value is -0.290. The molecule has 3 aliphatic rings. The van der Waals surface area contributed by atoms with Gasteiger partial charge in [0.05, 0.1) is 5.75 Å². The first kappa shape index (κ1) is 15.6. The van der Waals surface area contributed by atoms with Crippen LogP contribution >= 0.6 is 24.0 Å². The predicted molar refractivity (Wildman–Crippen MR) is 92.4 cm³/mol. The number of nitrogens with zero attached hydrogens (tertiary/aromatic N) is 1. The summed E-state index contributed by atoms with van der Waals surface area (Å²) in [5.74, 6) is 3.14. The van der Waals surface area contributed by atoms with Crippen LogP contribution in [0.1, 0.15) is 45.4 Å². The zero-order chi connectivity index (χ0) is 14.8. The number of carbonyl (C=O) groups is 1. The van der Waals surface area contributed by atoms with Gasteiger partial charge in [-0.1, -0.05) is 30.4 Å². The molecule has 0 aromatic carbocycles. The van der Waals surface area contributed by atoms with E-state index < -0.39 is 0 Å². The minimum absolute atomic E-state index is 0.150. The Balaban J connectivity index is 1.38. The molecule has 2 bridgehead atoms. The van der Waals surface area contributed by atoms with Crippen molar-refractivity contribution in [3.05, 3.63) is 0 Å². The van der Waals surface area contributed by atoms with Crippen molar-refractivity contribution in [2.45, 2.75) is 51.5 Å². The molecule has 4 atom stereocenters. The van der Waals surface area contributed by atoms with Crippen molar-refractivity contribution in [2.75, 3.05) is 18.8 Å². The van der Waals surface area contributed by atoms with Gasteiger partial charge in [0, 0.05) is 19.1 Å². The van der Waals surface area contributed by atoms with Crippen molar-refractivity contribution in [2.24, 2.45) is 17.8 Å². The van der Waals surface area contributed by atoms with Gasteiger partial charge in [-0.2, -0.15) is 0 Å². The highest BCUT2D eigenvalue weighted by Crippen LogP contribution is 2.49. The van der Waals surface area contributed by atoms with Gasteiger partial charge in [-0.05, 0) is 56.8 Å². The van der Waals surface area contributed by atoms with Crippen LogP contribution in [0.4, 0.5) is 0 Å². The van der Waals surface area contributed by atoms with Gasteiger partial charge in [0.2, 0.25) is 5.91 Å². The molecule has 1 amide bonds. The Bertz CT molecular complexity index is 409. The molecule has 5 heteroatoms. The second-order valence-corrected chi connectivity index (χ2v) is 8.55. The molecule has 3 fully saturated rings. The van der Waals surface area contributed by atoms with Gasteiger partial charge < -0.3 is 10.2 Å². The number of amides is 1. The SMILES string of the molecule is CC(NC(=O)CSC(=S)N1CCCC1)C1CC2CCC1C2. The molecule has 0 aromatic rings. The van der Waals surface area contributed by atoms with Crippen LogP contribution in [0.15, 0.2) is 0 Å². The number of fused-ring (bicyclic) bond motifs is 2. The van der Waals surface area contributed by atoms with Gasteiger partial charge >= 0.3 is 0 Å². The molecule has 1 heterocycles. The fourth-order valence-corrected chi connectivity index (χ4v) is 5.49. The van der Waals surface area contributed by atoms with Crippen molar-refractivity contribution >= 4 is 34.2 Å². The lowest BCUT2D eigenvalue weighted by atomic mass is 9.84. The normalized spacial score (nSPS) is 32.4. The van der Waals surface area contributed by atoms with Gasteiger partial charge in [0.1, 0.15) is 4.32 Å². The molecule has 1 saturated heterocycles. The van der Waals surface area contributed by atoms with Gasteiger partial charge in [0.25, 0.3) is 0 Å². The fourth-order valence-electron chi connectivity index (χ4n) is 4.43. The highest BCUT2D eigenvalue weighted by molar-refractivity contribution is 8.23. The molecule has 1 N–H and O–H groups in total. The van der Waals surface area contributed by atoms with E-state index in [0.717, 1.165) is 29.2 Å². The Kier molecular flexibility index (Phi) is 5.10. The lowest BCUT2D eigenvalue weighted by Crippen LogP contribution is -2.41. The van der Waals surface area contributed by atoms with Crippen LogP contribution in [0.5, 0.6) is 0 Å². The summed E-state index contributed by atoms with van der Waals surface area (Å²) in [6.07, 6.45) is 7.98. The molecule has 118 valence electrons. The number of likely N-dealkylation sites (tertiary alicyclic amines) is 1. The highest BCUT2D eigenvalue weighted by atomic mass is 32.2. The molecule has 0 radical (unpaired) electrons. The number of thiocarbonyl (C=S) groups is 1. The van der Waals surface area contributed by atoms with Crippen molar-refractivity contribution in [3.8, 4) is 0 Å². The van der Waals surface area contributed by atoms with E-state index in [1.165, 1.54) is 50.3 Å². The van der Waals surface area contributed by atoms with Crippen LogP contribution in [0.2, 0.25) is 0 Å². The Labute approximate surface area is 137 Å². The molecule has 1 aliphatic heterocycles. The van der Waals surface area contributed by atoms with E-state index in [0.29, 0.717) is 17.7 Å². The number of carbonyl (C=O) groups excluding carboxylic acids is 1. The number of thioether (sulfide) groups is 1. The molecular weight excluding hydrogens is 300 g/mol. The van der Waals surface area contributed by atoms with E-state index in [2.05, 4.69) is 17.1 Å². The number of hydrogen-bond donors (Lipinski definition) is 1. The predicted octanol–water partition coefficient (Wildman–Crippen LogP) is 3.04. The lowest BCUT2D eigenvalue weighted by molar-refractivity contribution is -0.119. The van der Waals surface area contributed by atoms with Crippen LogP contribution in [-0.2, 0) is 4.79 Å². The molecule has 21 heavy (non-hydrogen) atoms. The summed E-state index contributed by atoms with van der Waals surface area (Å²) >= 11 is 6.93. The monoisotopic (exact) mass is 326 g/mol. The minimum Gasteiger partial charge on any atom is -0.358 e. The molecule has 2 aliphatic carbocycles. The van der Waals surface area contributed by atoms with Gasteiger partial charge in [-0.3, -0.25) is 4.79 Å². The molecule has 0 spiro atoms. The quantitative estimate of drug-likeness (QED) is 0.805. The van der Waals surface area contributed by atoms with Crippen molar-refractivity contribution in [1.82, 2.24) is 10.2 Å². The Morgan fingerprint density at radius 3 is 2.71 bits per heavy atom. The Morgan fingerprint density at radius 2 is 2.10 bits per heavy atom. The van der Waals surface area contributed by atoms with Gasteiger partial charge in [0.15, 0.2) is 0 Å². The average Bonchev–Trinajstić information content (AvgIpc) is 3.20. The van der Waals surface area contributed by atoms with E-state index in [9.17, 15) is 4.79 Å². The molecular formula is C16H26N2OS2. The average molecular weight is 327 g/mol. The first-order valence-corrected chi connectivity index (χ1v) is 9.74. The second kappa shape index (κ2) is 6.86. The molecule has 4 unspecified atom stereocenters. The van der Waals surface area contributed by atoms with E-state index >= 15 is 0 Å². The first-order chi connectivity index (χ1) is 10.1. The minimum atomic E-state index is 0.150. The van der Waals surface area contributed by atoms with Crippen LogP contribution in [0, 0.1) is 17.8 Å². The highest BCUT2D eigenvalue weighted by Gasteiger charge is 2.42. The number of rotatable bonds is 4. The van der Waals surface area contributed by atoms with Crippen LogP contribution in [0.25, 0.3) is 0 Å². The molecule has 3 nitrogen and oxygen atoms in total. The summed E-state index contributed by atoms with van der Waals surface area (Å²) in [6, 6.07) is 0.328. The van der Waals surface area contributed by atoms with Crippen molar-refractivity contribution < 1.29 is 4.79 Å². The van der Waals surface area contributed by atoms with E-state index in [1.807, 2.05) is 0 Å². The molecule has 3 rings (SSSR count). The largest absolute Gasteiger partial charge is 0.358 e. The van der Waals surface area contributed by atoms with Crippen molar-refractivity contribution in [3.63, 3.8) is 0 Å². The van der Waals surface area contributed by atoms with Crippen molar-refractivity contribution in [1.29, 1.82) is 0 Å². The Morgan fingerprint density at radius 1 is 1.33 bits per heavy atom. The third-order valence-electron chi connectivity index (χ3n) is 5.51. The van der Waals surface area contributed by atoms with Gasteiger partial charge in [-0.25, -0.2) is 0 Å². The number of nitrogens with one attached hydrogen (secondary N) is 1. The maximum absolute atomic E-state index is 12.1. The molecule has 0 aromatic heterocycles. The summed E-state index contributed by atoms with van der Waals surface area (Å²) in [5, 5.41) is 3.21. The maximum Gasteiger partial charge on any atom is 0.230 e. The smallest absolute Gasteiger partial charge is 0.230 e. The van der Waals surface area contributed by atoms with Crippen LogP contribution < -0.4 is 5.32 Å². The third kappa shape index (κ3) is 3.73. The zero-order valence-corrected chi connectivity index (χ0v) is 14.5. The summed E-state index contributed by atoms with van der Waals surface area (Å²) in [7, 11) is 0. The van der Waals surface area contributed by atoms with Crippen LogP contribution in [0.3, 0.4) is 0 Å². The number of hydrogen-bond acceptors (Lipinski definition) is 3. The van der Waals surface area contributed by atoms with Crippen LogP contribution in [-0.4, -0.2) is 40.0 Å². The lowest BCUT2D eigenvalue weighted by Gasteiger charge is -2.28. The topological polar surface area (TPSA) is 32.3 Å². The van der Waals surface area contributed by atoms with E-state index in [1.54, 1.807) is 0 Å².